The molecule has 1 spiro atoms. The quantitative estimate of drug-likeness (QED) is 0.525. The molecular weight excluding hydrogens is 446 g/mol. The van der Waals surface area contributed by atoms with Gasteiger partial charge in [0, 0.05) is 23.5 Å². The molecule has 2 aromatic carbocycles. The van der Waals surface area contributed by atoms with Gasteiger partial charge in [-0.15, -0.1) is 11.3 Å². The molecule has 1 fully saturated rings. The van der Waals surface area contributed by atoms with Crippen molar-refractivity contribution in [3.63, 3.8) is 0 Å². The monoisotopic (exact) mass is 473 g/mol. The van der Waals surface area contributed by atoms with E-state index in [0.29, 0.717) is 25.9 Å². The van der Waals surface area contributed by atoms with Crippen LogP contribution in [0.4, 0.5) is 4.79 Å². The summed E-state index contributed by atoms with van der Waals surface area (Å²) in [5.74, 6) is -0.547. The van der Waals surface area contributed by atoms with Gasteiger partial charge in [0.05, 0.1) is 0 Å². The van der Waals surface area contributed by atoms with E-state index in [4.69, 9.17) is 0 Å². The van der Waals surface area contributed by atoms with Crippen LogP contribution in [0.15, 0.2) is 72.1 Å². The zero-order chi connectivity index (χ0) is 23.5. The highest BCUT2D eigenvalue weighted by Crippen LogP contribution is 2.42. The van der Waals surface area contributed by atoms with E-state index in [9.17, 15) is 14.4 Å². The van der Waals surface area contributed by atoms with Gasteiger partial charge in [0.15, 0.2) is 0 Å². The van der Waals surface area contributed by atoms with Gasteiger partial charge in [-0.1, -0.05) is 60.7 Å². The number of fused-ring (bicyclic) bond motifs is 2. The van der Waals surface area contributed by atoms with Crippen LogP contribution in [-0.4, -0.2) is 40.7 Å². The van der Waals surface area contributed by atoms with E-state index in [1.54, 1.807) is 16.2 Å². The minimum atomic E-state index is -1.03. The molecule has 0 radical (unpaired) electrons. The van der Waals surface area contributed by atoms with Crippen LogP contribution < -0.4 is 5.32 Å². The van der Waals surface area contributed by atoms with Crippen molar-refractivity contribution in [1.29, 1.82) is 0 Å². The summed E-state index contributed by atoms with van der Waals surface area (Å²) in [6.45, 7) is 0.671. The second-order valence-electron chi connectivity index (χ2n) is 8.87. The first kappa shape index (κ1) is 22.3. The van der Waals surface area contributed by atoms with Crippen molar-refractivity contribution in [1.82, 2.24) is 15.1 Å². The van der Waals surface area contributed by atoms with Crippen LogP contribution in [0, 0.1) is 0 Å². The molecule has 0 unspecified atom stereocenters. The highest BCUT2D eigenvalue weighted by molar-refractivity contribution is 7.10. The number of rotatable bonds is 7. The lowest BCUT2D eigenvalue weighted by Gasteiger charge is -2.31. The summed E-state index contributed by atoms with van der Waals surface area (Å²) in [5, 5.41) is 4.91. The van der Waals surface area contributed by atoms with Crippen molar-refractivity contribution >= 4 is 29.2 Å². The van der Waals surface area contributed by atoms with Crippen molar-refractivity contribution < 1.29 is 14.4 Å². The predicted octanol–water partition coefficient (Wildman–Crippen LogP) is 4.10. The van der Waals surface area contributed by atoms with Crippen molar-refractivity contribution in [2.75, 3.05) is 13.1 Å². The summed E-state index contributed by atoms with van der Waals surface area (Å²) in [5.41, 5.74) is 2.00. The number of carbonyl (C=O) groups excluding carboxylic acids is 3. The first-order valence-electron chi connectivity index (χ1n) is 11.6. The van der Waals surface area contributed by atoms with Gasteiger partial charge < -0.3 is 10.2 Å². The molecule has 1 aliphatic heterocycles. The van der Waals surface area contributed by atoms with Gasteiger partial charge in [-0.05, 0) is 48.3 Å². The number of benzene rings is 2. The SMILES string of the molecule is O=C(CN1C(=O)N[C@@]2(CCCc3sccc32)C1=O)N(CCc1ccccc1)Cc1ccccc1. The topological polar surface area (TPSA) is 69.7 Å². The van der Waals surface area contributed by atoms with Crippen LogP contribution >= 0.6 is 11.3 Å². The molecular formula is C27H27N3O3S. The Morgan fingerprint density at radius 1 is 1.00 bits per heavy atom. The Bertz CT molecular complexity index is 1190. The van der Waals surface area contributed by atoms with Gasteiger partial charge in [-0.25, -0.2) is 4.79 Å². The Balaban J connectivity index is 1.34. The number of nitrogens with one attached hydrogen (secondary N) is 1. The lowest BCUT2D eigenvalue weighted by atomic mass is 9.80. The molecule has 0 saturated carbocycles. The molecule has 1 saturated heterocycles. The largest absolute Gasteiger partial charge is 0.336 e. The highest BCUT2D eigenvalue weighted by atomic mass is 32.1. The zero-order valence-electron chi connectivity index (χ0n) is 18.9. The molecule has 4 amide bonds. The molecule has 0 bridgehead atoms. The van der Waals surface area contributed by atoms with E-state index in [1.807, 2.05) is 72.1 Å². The normalized spacial score (nSPS) is 19.2. The number of carbonyl (C=O) groups is 3. The summed E-state index contributed by atoms with van der Waals surface area (Å²) in [6.07, 6.45) is 3.01. The van der Waals surface area contributed by atoms with Crippen LogP contribution in [0.2, 0.25) is 0 Å². The summed E-state index contributed by atoms with van der Waals surface area (Å²) < 4.78 is 0. The van der Waals surface area contributed by atoms with Crippen LogP contribution in [0.1, 0.15) is 34.4 Å². The van der Waals surface area contributed by atoms with Gasteiger partial charge in [-0.3, -0.25) is 14.5 Å². The molecule has 1 aliphatic carbocycles. The minimum Gasteiger partial charge on any atom is -0.336 e. The van der Waals surface area contributed by atoms with Crippen LogP contribution in [0.3, 0.4) is 0 Å². The molecule has 1 aromatic heterocycles. The fourth-order valence-electron chi connectivity index (χ4n) is 4.92. The third-order valence-electron chi connectivity index (χ3n) is 6.71. The molecule has 174 valence electrons. The Kier molecular flexibility index (Phi) is 6.20. The van der Waals surface area contributed by atoms with Gasteiger partial charge >= 0.3 is 6.03 Å². The van der Waals surface area contributed by atoms with Crippen LogP contribution in [-0.2, 0) is 34.5 Å². The van der Waals surface area contributed by atoms with Gasteiger partial charge in [0.25, 0.3) is 5.91 Å². The van der Waals surface area contributed by atoms with Crippen molar-refractivity contribution in [2.24, 2.45) is 0 Å². The first-order chi connectivity index (χ1) is 16.6. The van der Waals surface area contributed by atoms with E-state index >= 15 is 0 Å². The molecule has 2 heterocycles. The maximum atomic E-state index is 13.5. The lowest BCUT2D eigenvalue weighted by Crippen LogP contribution is -2.47. The second-order valence-corrected chi connectivity index (χ2v) is 9.87. The Labute approximate surface area is 203 Å². The maximum Gasteiger partial charge on any atom is 0.325 e. The summed E-state index contributed by atoms with van der Waals surface area (Å²) in [7, 11) is 0. The molecule has 1 atom stereocenters. The Morgan fingerprint density at radius 2 is 1.71 bits per heavy atom. The third kappa shape index (κ3) is 4.23. The third-order valence-corrected chi connectivity index (χ3v) is 7.69. The highest BCUT2D eigenvalue weighted by Gasteiger charge is 2.54. The zero-order valence-corrected chi connectivity index (χ0v) is 19.7. The summed E-state index contributed by atoms with van der Waals surface area (Å²) in [6, 6.07) is 21.2. The van der Waals surface area contributed by atoms with Crippen molar-refractivity contribution in [3.8, 4) is 0 Å². The molecule has 6 nitrogen and oxygen atoms in total. The van der Waals surface area contributed by atoms with Crippen LogP contribution in [0.5, 0.6) is 0 Å². The lowest BCUT2D eigenvalue weighted by molar-refractivity contribution is -0.139. The molecule has 5 rings (SSSR count). The number of thiophene rings is 1. The minimum absolute atomic E-state index is 0.235. The number of nitrogens with zero attached hydrogens (tertiary/aromatic N) is 2. The van der Waals surface area contributed by atoms with Gasteiger partial charge in [0.2, 0.25) is 5.91 Å². The number of urea groups is 1. The Morgan fingerprint density at radius 3 is 2.44 bits per heavy atom. The smallest absolute Gasteiger partial charge is 0.325 e. The van der Waals surface area contributed by atoms with E-state index < -0.39 is 11.6 Å². The summed E-state index contributed by atoms with van der Waals surface area (Å²) >= 11 is 1.62. The average molecular weight is 474 g/mol. The molecule has 3 aromatic rings. The van der Waals surface area contributed by atoms with Gasteiger partial charge in [-0.2, -0.15) is 0 Å². The van der Waals surface area contributed by atoms with E-state index in [0.717, 1.165) is 39.3 Å². The number of imide groups is 1. The standard InChI is InChI=1S/C27H27N3O3S/c31-24(29(18-21-10-5-2-6-11-21)16-13-20-8-3-1-4-9-20)19-30-25(32)27(28-26(30)33)15-7-12-23-22(27)14-17-34-23/h1-6,8-11,14,17H,7,12-13,15-16,18-19H2,(H,28,33)/t27-/m1/s1. The fourth-order valence-corrected chi connectivity index (χ4v) is 5.92. The molecule has 7 heteroatoms. The summed E-state index contributed by atoms with van der Waals surface area (Å²) in [4.78, 5) is 43.9. The van der Waals surface area contributed by atoms with E-state index in [-0.39, 0.29) is 18.4 Å². The number of hydrogen-bond acceptors (Lipinski definition) is 4. The van der Waals surface area contributed by atoms with Crippen LogP contribution in [0.25, 0.3) is 0 Å². The molecule has 1 N–H and O–H groups in total. The first-order valence-corrected chi connectivity index (χ1v) is 12.5. The second kappa shape index (κ2) is 9.43. The van der Waals surface area contributed by atoms with E-state index in [2.05, 4.69) is 5.32 Å². The Hall–Kier alpha value is -3.45. The predicted molar refractivity (Wildman–Crippen MR) is 131 cm³/mol. The van der Waals surface area contributed by atoms with E-state index in [1.165, 1.54) is 0 Å². The average Bonchev–Trinajstić information content (AvgIpc) is 3.43. The van der Waals surface area contributed by atoms with Gasteiger partial charge in [0.1, 0.15) is 12.1 Å². The van der Waals surface area contributed by atoms with Crippen molar-refractivity contribution in [2.45, 2.75) is 37.8 Å². The molecule has 2 aliphatic rings. The number of aryl methyl sites for hydroxylation is 1. The number of hydrogen-bond donors (Lipinski definition) is 1. The maximum absolute atomic E-state index is 13.5. The van der Waals surface area contributed by atoms with Crippen molar-refractivity contribution in [3.05, 3.63) is 93.7 Å². The molecule has 34 heavy (non-hydrogen) atoms. The number of amides is 4. The fraction of sp³-hybridized carbons (Fsp3) is 0.296.